The molecule has 0 saturated carbocycles. The Hall–Kier alpha value is -1.06. The zero-order valence-corrected chi connectivity index (χ0v) is 14.3. The Morgan fingerprint density at radius 3 is 2.46 bits per heavy atom. The number of nitrogens with one attached hydrogen (secondary N) is 1. The van der Waals surface area contributed by atoms with Crippen molar-refractivity contribution in [3.05, 3.63) is 23.8 Å². The number of anilines is 1. The molecule has 1 aromatic carbocycles. The fourth-order valence-electron chi connectivity index (χ4n) is 1.65. The van der Waals surface area contributed by atoms with Gasteiger partial charge in [0, 0.05) is 17.4 Å². The third-order valence-electron chi connectivity index (χ3n) is 2.77. The second kappa shape index (κ2) is 10.0. The molecule has 3 nitrogen and oxygen atoms in total. The number of thioether (sulfide) groups is 1. The molecule has 1 rings (SSSR count). The van der Waals surface area contributed by atoms with Crippen LogP contribution in [0.4, 0.5) is 27.6 Å². The molecule has 1 amide bonds. The highest BCUT2D eigenvalue weighted by Gasteiger charge is 2.31. The number of carbonyl (C=O) groups is 1. The van der Waals surface area contributed by atoms with Crippen LogP contribution in [0.2, 0.25) is 0 Å². The van der Waals surface area contributed by atoms with Crippen LogP contribution in [-0.4, -0.2) is 24.1 Å². The number of benzene rings is 1. The summed E-state index contributed by atoms with van der Waals surface area (Å²) >= 11 is 0.684. The summed E-state index contributed by atoms with van der Waals surface area (Å²) in [6, 6.07) is 2.40. The molecule has 24 heavy (non-hydrogen) atoms. The Morgan fingerprint density at radius 1 is 1.33 bits per heavy atom. The number of amides is 1. The minimum Gasteiger partial charge on any atom is -0.328 e. The summed E-state index contributed by atoms with van der Waals surface area (Å²) in [5.74, 6) is -1.09. The zero-order valence-electron chi connectivity index (χ0n) is 12.7. The Kier molecular flexibility index (Phi) is 9.61. The first-order chi connectivity index (χ1) is 10.6. The summed E-state index contributed by atoms with van der Waals surface area (Å²) in [6.45, 7) is 1.70. The van der Waals surface area contributed by atoms with Gasteiger partial charge in [0.2, 0.25) is 12.3 Å². The Balaban J connectivity index is 0.00000529. The maximum atomic E-state index is 12.7. The van der Waals surface area contributed by atoms with Crippen LogP contribution in [-0.2, 0) is 11.0 Å². The second-order valence-corrected chi connectivity index (χ2v) is 6.04. The van der Waals surface area contributed by atoms with E-state index in [9.17, 15) is 26.7 Å². The predicted molar refractivity (Wildman–Crippen MR) is 86.9 cm³/mol. The molecule has 0 aliphatic carbocycles. The van der Waals surface area contributed by atoms with Crippen molar-refractivity contribution in [2.45, 2.75) is 43.3 Å². The van der Waals surface area contributed by atoms with Gasteiger partial charge in [-0.2, -0.15) is 13.2 Å². The number of halogens is 6. The van der Waals surface area contributed by atoms with Crippen molar-refractivity contribution in [3.63, 3.8) is 0 Å². The smallest absolute Gasteiger partial charge is 0.328 e. The maximum absolute atomic E-state index is 12.7. The Bertz CT molecular complexity index is 540. The topological polar surface area (TPSA) is 55.1 Å². The largest absolute Gasteiger partial charge is 0.416 e. The van der Waals surface area contributed by atoms with Gasteiger partial charge < -0.3 is 11.1 Å². The molecule has 0 aliphatic heterocycles. The summed E-state index contributed by atoms with van der Waals surface area (Å²) < 4.78 is 62.8. The van der Waals surface area contributed by atoms with Crippen LogP contribution in [0.3, 0.4) is 0 Å². The molecule has 1 aromatic rings. The minimum atomic E-state index is -4.59. The summed E-state index contributed by atoms with van der Waals surface area (Å²) in [6.07, 6.45) is -6.79. The summed E-state index contributed by atoms with van der Waals surface area (Å²) in [4.78, 5) is 11.9. The minimum absolute atomic E-state index is 0. The van der Waals surface area contributed by atoms with Crippen LogP contribution >= 0.6 is 24.2 Å². The molecular weight excluding hydrogens is 375 g/mol. The first-order valence-corrected chi connectivity index (χ1v) is 7.75. The normalized spacial score (nSPS) is 12.7. The van der Waals surface area contributed by atoms with Gasteiger partial charge in [-0.05, 0) is 31.5 Å². The van der Waals surface area contributed by atoms with Gasteiger partial charge in [0.1, 0.15) is 0 Å². The monoisotopic (exact) mass is 392 g/mol. The molecule has 0 heterocycles. The molecule has 1 atom stereocenters. The molecule has 0 saturated heterocycles. The van der Waals surface area contributed by atoms with E-state index in [2.05, 4.69) is 5.32 Å². The van der Waals surface area contributed by atoms with Gasteiger partial charge in [0.15, 0.2) is 0 Å². The van der Waals surface area contributed by atoms with Crippen LogP contribution in [0.1, 0.15) is 25.3 Å². The lowest BCUT2D eigenvalue weighted by atomic mass is 10.1. The Morgan fingerprint density at radius 2 is 1.96 bits per heavy atom. The average molecular weight is 393 g/mol. The van der Waals surface area contributed by atoms with Gasteiger partial charge in [0.05, 0.1) is 17.0 Å². The van der Waals surface area contributed by atoms with Crippen molar-refractivity contribution in [2.24, 2.45) is 5.73 Å². The van der Waals surface area contributed by atoms with Crippen molar-refractivity contribution in [1.82, 2.24) is 0 Å². The molecule has 138 valence electrons. The number of alkyl halides is 5. The van der Waals surface area contributed by atoms with Crippen molar-refractivity contribution in [2.75, 3.05) is 11.1 Å². The van der Waals surface area contributed by atoms with Gasteiger partial charge >= 0.3 is 6.18 Å². The highest BCUT2D eigenvalue weighted by molar-refractivity contribution is 7.99. The molecular formula is C14H18ClF5N2OS. The van der Waals surface area contributed by atoms with Crippen LogP contribution < -0.4 is 11.1 Å². The van der Waals surface area contributed by atoms with Gasteiger partial charge in [0.25, 0.3) is 0 Å². The van der Waals surface area contributed by atoms with Crippen LogP contribution in [0.25, 0.3) is 0 Å². The van der Waals surface area contributed by atoms with Gasteiger partial charge in [-0.25, -0.2) is 8.78 Å². The molecule has 3 N–H and O–H groups in total. The van der Waals surface area contributed by atoms with Crippen LogP contribution in [0, 0.1) is 0 Å². The standard InChI is InChI=1S/C14H17F5N2OS.ClH/c1-8(20)2-5-13(22)21-10-6-9(14(17,18)19)3-4-11(10)23-7-12(15)16;/h3-4,6,8,12H,2,5,7,20H2,1H3,(H,21,22);1H. The van der Waals surface area contributed by atoms with Crippen LogP contribution in [0.15, 0.2) is 23.1 Å². The molecule has 0 aliphatic rings. The third-order valence-corrected chi connectivity index (χ3v) is 3.86. The first-order valence-electron chi connectivity index (χ1n) is 6.77. The second-order valence-electron chi connectivity index (χ2n) is 4.97. The SMILES string of the molecule is CC(N)CCC(=O)Nc1cc(C(F)(F)F)ccc1SCC(F)F.Cl. The first kappa shape index (κ1) is 22.9. The lowest BCUT2D eigenvalue weighted by Crippen LogP contribution is -2.20. The lowest BCUT2D eigenvalue weighted by molar-refractivity contribution is -0.137. The van der Waals surface area contributed by atoms with E-state index in [1.165, 1.54) is 0 Å². The summed E-state index contributed by atoms with van der Waals surface area (Å²) in [7, 11) is 0. The molecule has 1 unspecified atom stereocenters. The van der Waals surface area contributed by atoms with E-state index < -0.39 is 29.8 Å². The highest BCUT2D eigenvalue weighted by atomic mass is 35.5. The van der Waals surface area contributed by atoms with Gasteiger partial charge in [-0.15, -0.1) is 24.2 Å². The van der Waals surface area contributed by atoms with E-state index in [1.54, 1.807) is 6.92 Å². The summed E-state index contributed by atoms with van der Waals surface area (Å²) in [5.41, 5.74) is 4.43. The third kappa shape index (κ3) is 8.16. The van der Waals surface area contributed by atoms with Crippen molar-refractivity contribution < 1.29 is 26.7 Å². The predicted octanol–water partition coefficient (Wildman–Crippen LogP) is 4.55. The fraction of sp³-hybridized carbons (Fsp3) is 0.500. The van der Waals surface area contributed by atoms with Crippen molar-refractivity contribution in [1.29, 1.82) is 0 Å². The maximum Gasteiger partial charge on any atom is 0.416 e. The molecule has 0 fully saturated rings. The summed E-state index contributed by atoms with van der Waals surface area (Å²) in [5, 5.41) is 2.34. The van der Waals surface area contributed by atoms with E-state index in [4.69, 9.17) is 5.73 Å². The van der Waals surface area contributed by atoms with E-state index in [0.29, 0.717) is 18.2 Å². The number of hydrogen-bond acceptors (Lipinski definition) is 3. The Labute approximate surface area is 147 Å². The fourth-order valence-corrected chi connectivity index (χ4v) is 2.39. The zero-order chi connectivity index (χ0) is 17.6. The van der Waals surface area contributed by atoms with E-state index in [0.717, 1.165) is 18.2 Å². The van der Waals surface area contributed by atoms with Crippen molar-refractivity contribution >= 4 is 35.8 Å². The van der Waals surface area contributed by atoms with E-state index >= 15 is 0 Å². The number of rotatable bonds is 7. The average Bonchev–Trinajstić information content (AvgIpc) is 2.42. The molecule has 10 heteroatoms. The van der Waals surface area contributed by atoms with Crippen molar-refractivity contribution in [3.8, 4) is 0 Å². The lowest BCUT2D eigenvalue weighted by Gasteiger charge is -2.14. The highest BCUT2D eigenvalue weighted by Crippen LogP contribution is 2.36. The van der Waals surface area contributed by atoms with Crippen LogP contribution in [0.5, 0.6) is 0 Å². The van der Waals surface area contributed by atoms with E-state index in [1.807, 2.05) is 0 Å². The number of hydrogen-bond donors (Lipinski definition) is 2. The number of nitrogens with two attached hydrogens (primary N) is 1. The molecule has 0 radical (unpaired) electrons. The van der Waals surface area contributed by atoms with Gasteiger partial charge in [-0.3, -0.25) is 4.79 Å². The number of carbonyl (C=O) groups excluding carboxylic acids is 1. The molecule has 0 spiro atoms. The molecule has 0 bridgehead atoms. The van der Waals surface area contributed by atoms with Gasteiger partial charge in [-0.1, -0.05) is 0 Å². The van der Waals surface area contributed by atoms with E-state index in [-0.39, 0.29) is 35.5 Å². The molecule has 0 aromatic heterocycles. The quantitative estimate of drug-likeness (QED) is 0.528.